The van der Waals surface area contributed by atoms with Crippen LogP contribution in [0, 0.1) is 5.92 Å². The fourth-order valence-corrected chi connectivity index (χ4v) is 2.33. The number of hydrogen-bond acceptors (Lipinski definition) is 1. The topological polar surface area (TPSA) is 27.6 Å². The molecule has 4 heteroatoms. The van der Waals surface area contributed by atoms with Gasteiger partial charge >= 0.3 is 0 Å². The van der Waals surface area contributed by atoms with Crippen molar-refractivity contribution in [3.8, 4) is 0 Å². The second-order valence-corrected chi connectivity index (χ2v) is 5.06. The number of piperidine rings is 1. The van der Waals surface area contributed by atoms with Crippen LogP contribution in [0.4, 0.5) is 0 Å². The van der Waals surface area contributed by atoms with E-state index in [0.29, 0.717) is 0 Å². The highest BCUT2D eigenvalue weighted by Gasteiger charge is 2.18. The van der Waals surface area contributed by atoms with Crippen LogP contribution >= 0.6 is 24.0 Å². The first kappa shape index (κ1) is 16.3. The van der Waals surface area contributed by atoms with Crippen molar-refractivity contribution in [2.24, 2.45) is 10.9 Å². The van der Waals surface area contributed by atoms with Crippen LogP contribution in [-0.4, -0.2) is 31.0 Å². The highest BCUT2D eigenvalue weighted by molar-refractivity contribution is 14.0. The lowest BCUT2D eigenvalue weighted by Gasteiger charge is -2.32. The number of likely N-dealkylation sites (tertiary alicyclic amines) is 1. The zero-order chi connectivity index (χ0) is 12.8. The molecule has 0 spiro atoms. The molecular weight excluding hydrogens is 349 g/mol. The van der Waals surface area contributed by atoms with Crippen LogP contribution < -0.4 is 5.32 Å². The maximum Gasteiger partial charge on any atom is 0.193 e. The van der Waals surface area contributed by atoms with E-state index in [1.54, 1.807) is 0 Å². The molecule has 0 aliphatic carbocycles. The zero-order valence-electron chi connectivity index (χ0n) is 11.8. The lowest BCUT2D eigenvalue weighted by atomic mass is 10.00. The summed E-state index contributed by atoms with van der Waals surface area (Å²) >= 11 is 0. The SMILES string of the molecule is CN=C(NCc1ccccc1)N1CCC(C)CC1.I. The Morgan fingerprint density at radius 1 is 1.26 bits per heavy atom. The summed E-state index contributed by atoms with van der Waals surface area (Å²) in [7, 11) is 1.87. The van der Waals surface area contributed by atoms with Crippen LogP contribution in [-0.2, 0) is 6.54 Å². The number of guanidine groups is 1. The molecule has 0 aromatic heterocycles. The summed E-state index contributed by atoms with van der Waals surface area (Å²) in [5.74, 6) is 1.89. The maximum absolute atomic E-state index is 4.38. The molecule has 106 valence electrons. The molecule has 1 saturated heterocycles. The van der Waals surface area contributed by atoms with Gasteiger partial charge in [0.15, 0.2) is 5.96 Å². The highest BCUT2D eigenvalue weighted by atomic mass is 127. The van der Waals surface area contributed by atoms with Crippen LogP contribution in [0.2, 0.25) is 0 Å². The summed E-state index contributed by atoms with van der Waals surface area (Å²) in [6.45, 7) is 5.42. The fourth-order valence-electron chi connectivity index (χ4n) is 2.33. The van der Waals surface area contributed by atoms with E-state index in [1.165, 1.54) is 18.4 Å². The molecule has 0 bridgehead atoms. The van der Waals surface area contributed by atoms with Gasteiger partial charge in [-0.05, 0) is 24.3 Å². The molecule has 1 fully saturated rings. The molecule has 0 radical (unpaired) electrons. The molecule has 1 N–H and O–H groups in total. The van der Waals surface area contributed by atoms with Crippen LogP contribution in [0.1, 0.15) is 25.3 Å². The summed E-state index contributed by atoms with van der Waals surface area (Å²) < 4.78 is 0. The molecule has 1 aliphatic rings. The highest BCUT2D eigenvalue weighted by Crippen LogP contribution is 2.15. The number of benzene rings is 1. The minimum absolute atomic E-state index is 0. The molecule has 19 heavy (non-hydrogen) atoms. The number of hydrogen-bond donors (Lipinski definition) is 1. The van der Waals surface area contributed by atoms with Crippen molar-refractivity contribution in [3.05, 3.63) is 35.9 Å². The molecule has 1 heterocycles. The zero-order valence-corrected chi connectivity index (χ0v) is 14.1. The summed E-state index contributed by atoms with van der Waals surface area (Å²) in [6, 6.07) is 10.5. The third-order valence-electron chi connectivity index (χ3n) is 3.59. The van der Waals surface area contributed by atoms with Gasteiger partial charge < -0.3 is 10.2 Å². The Bertz CT molecular complexity index is 384. The van der Waals surface area contributed by atoms with Gasteiger partial charge in [0.2, 0.25) is 0 Å². The van der Waals surface area contributed by atoms with Gasteiger partial charge in [-0.25, -0.2) is 0 Å². The average molecular weight is 373 g/mol. The van der Waals surface area contributed by atoms with Gasteiger partial charge in [-0.2, -0.15) is 0 Å². The van der Waals surface area contributed by atoms with Gasteiger partial charge in [-0.3, -0.25) is 4.99 Å². The molecule has 2 rings (SSSR count). The van der Waals surface area contributed by atoms with Gasteiger partial charge in [0, 0.05) is 26.7 Å². The van der Waals surface area contributed by atoms with Crippen molar-refractivity contribution in [3.63, 3.8) is 0 Å². The molecule has 1 aromatic rings. The first-order chi connectivity index (χ1) is 8.79. The first-order valence-electron chi connectivity index (χ1n) is 6.79. The lowest BCUT2D eigenvalue weighted by molar-refractivity contribution is 0.273. The normalized spacial score (nSPS) is 16.9. The minimum atomic E-state index is 0. The molecule has 0 unspecified atom stereocenters. The number of nitrogens with zero attached hydrogens (tertiary/aromatic N) is 2. The number of nitrogens with one attached hydrogen (secondary N) is 1. The average Bonchev–Trinajstić information content (AvgIpc) is 2.42. The summed E-state index contributed by atoms with van der Waals surface area (Å²) in [5, 5.41) is 3.45. The van der Waals surface area contributed by atoms with E-state index in [4.69, 9.17) is 0 Å². The van der Waals surface area contributed by atoms with E-state index in [2.05, 4.69) is 46.4 Å². The Labute approximate surface area is 133 Å². The molecule has 0 saturated carbocycles. The van der Waals surface area contributed by atoms with Crippen LogP contribution in [0.3, 0.4) is 0 Å². The van der Waals surface area contributed by atoms with Gasteiger partial charge in [0.05, 0.1) is 0 Å². The number of halogens is 1. The minimum Gasteiger partial charge on any atom is -0.352 e. The van der Waals surface area contributed by atoms with Crippen molar-refractivity contribution < 1.29 is 0 Å². The first-order valence-corrected chi connectivity index (χ1v) is 6.79. The standard InChI is InChI=1S/C15H23N3.HI/c1-13-8-10-18(11-9-13)15(16-2)17-12-14-6-4-3-5-7-14;/h3-7,13H,8-12H2,1-2H3,(H,16,17);1H. The maximum atomic E-state index is 4.38. The van der Waals surface area contributed by atoms with Crippen LogP contribution in [0.25, 0.3) is 0 Å². The fraction of sp³-hybridized carbons (Fsp3) is 0.533. The molecular formula is C15H24IN3. The summed E-state index contributed by atoms with van der Waals surface area (Å²) in [6.07, 6.45) is 2.54. The predicted molar refractivity (Wildman–Crippen MR) is 92.0 cm³/mol. The van der Waals surface area contributed by atoms with Crippen molar-refractivity contribution in [2.75, 3.05) is 20.1 Å². The quantitative estimate of drug-likeness (QED) is 0.490. The Morgan fingerprint density at radius 2 is 1.89 bits per heavy atom. The van der Waals surface area contributed by atoms with Crippen LogP contribution in [0.15, 0.2) is 35.3 Å². The lowest BCUT2D eigenvalue weighted by Crippen LogP contribution is -2.45. The molecule has 1 aromatic carbocycles. The smallest absolute Gasteiger partial charge is 0.193 e. The third kappa shape index (κ3) is 5.01. The van der Waals surface area contributed by atoms with E-state index in [0.717, 1.165) is 31.5 Å². The van der Waals surface area contributed by atoms with Gasteiger partial charge in [-0.1, -0.05) is 37.3 Å². The Balaban J connectivity index is 0.00000180. The van der Waals surface area contributed by atoms with Crippen LogP contribution in [0.5, 0.6) is 0 Å². The largest absolute Gasteiger partial charge is 0.352 e. The Morgan fingerprint density at radius 3 is 2.47 bits per heavy atom. The van der Waals surface area contributed by atoms with Gasteiger partial charge in [0.1, 0.15) is 0 Å². The van der Waals surface area contributed by atoms with E-state index in [1.807, 2.05) is 13.1 Å². The Kier molecular flexibility index (Phi) is 7.20. The number of aliphatic imine (C=N–C) groups is 1. The van der Waals surface area contributed by atoms with Crippen molar-refractivity contribution in [1.82, 2.24) is 10.2 Å². The van der Waals surface area contributed by atoms with Crippen molar-refractivity contribution in [2.45, 2.75) is 26.3 Å². The van der Waals surface area contributed by atoms with E-state index >= 15 is 0 Å². The second kappa shape index (κ2) is 8.40. The monoisotopic (exact) mass is 373 g/mol. The van der Waals surface area contributed by atoms with E-state index in [-0.39, 0.29) is 24.0 Å². The summed E-state index contributed by atoms with van der Waals surface area (Å²) in [4.78, 5) is 6.75. The van der Waals surface area contributed by atoms with Crippen molar-refractivity contribution >= 4 is 29.9 Å². The molecule has 1 aliphatic heterocycles. The Hall–Kier alpha value is -0.780. The summed E-state index contributed by atoms with van der Waals surface area (Å²) in [5.41, 5.74) is 1.30. The molecule has 0 amide bonds. The second-order valence-electron chi connectivity index (χ2n) is 5.06. The van der Waals surface area contributed by atoms with E-state index in [9.17, 15) is 0 Å². The van der Waals surface area contributed by atoms with Gasteiger partial charge in [-0.15, -0.1) is 24.0 Å². The third-order valence-corrected chi connectivity index (χ3v) is 3.59. The number of rotatable bonds is 2. The molecule has 0 atom stereocenters. The molecule has 3 nitrogen and oxygen atoms in total. The van der Waals surface area contributed by atoms with E-state index < -0.39 is 0 Å². The predicted octanol–water partition coefficient (Wildman–Crippen LogP) is 3.11. The van der Waals surface area contributed by atoms with Crippen molar-refractivity contribution in [1.29, 1.82) is 0 Å². The van der Waals surface area contributed by atoms with Gasteiger partial charge in [0.25, 0.3) is 0 Å².